The van der Waals surface area contributed by atoms with Crippen molar-refractivity contribution in [1.29, 1.82) is 0 Å². The fraction of sp³-hybridized carbons (Fsp3) is 0.519. The van der Waals surface area contributed by atoms with Gasteiger partial charge in [-0.2, -0.15) is 0 Å². The average Bonchev–Trinajstić information content (AvgIpc) is 3.34. The third kappa shape index (κ3) is 11.6. The Labute approximate surface area is 253 Å². The normalized spacial score (nSPS) is 14.5. The van der Waals surface area contributed by atoms with E-state index in [1.54, 1.807) is 45.0 Å². The molecule has 15 heteroatoms. The van der Waals surface area contributed by atoms with Crippen LogP contribution in [0.25, 0.3) is 0 Å². The molecule has 0 saturated carbocycles. The Bertz CT molecular complexity index is 1190. The highest BCUT2D eigenvalue weighted by Gasteiger charge is 2.29. The monoisotopic (exact) mass is 624 g/mol. The molecule has 2 atom stereocenters. The number of esters is 1. The summed E-state index contributed by atoms with van der Waals surface area (Å²) < 4.78 is 5.90. The molecule has 4 amide bonds. The van der Waals surface area contributed by atoms with Gasteiger partial charge in [-0.15, -0.1) is 0 Å². The number of aliphatic carboxylic acids is 2. The maximum absolute atomic E-state index is 12.7. The molecule has 1 aliphatic rings. The molecular formula is C27H36N4O9S2. The first-order valence-corrected chi connectivity index (χ1v) is 14.7. The largest absolute Gasteiger partial charge is 0.481 e. The van der Waals surface area contributed by atoms with Crippen LogP contribution in [0.15, 0.2) is 24.3 Å². The Kier molecular flexibility index (Phi) is 13.2. The zero-order valence-electron chi connectivity index (χ0n) is 23.6. The SMILES string of the molecule is CC(C)(C)OC(=O)C(CCCCNC(=O)c1ccc(C(=O)N2CCSC2=S)cc1)NC(=O)NC(CCC(=O)O)C(=O)O. The molecule has 5 N–H and O–H groups in total. The lowest BCUT2D eigenvalue weighted by Crippen LogP contribution is -2.52. The van der Waals surface area contributed by atoms with Gasteiger partial charge < -0.3 is 30.9 Å². The number of thioether (sulfide) groups is 1. The molecule has 0 bridgehead atoms. The molecular weight excluding hydrogens is 588 g/mol. The number of unbranched alkanes of at least 4 members (excludes halogenated alkanes) is 1. The van der Waals surface area contributed by atoms with Crippen LogP contribution in [-0.4, -0.2) is 91.7 Å². The molecule has 230 valence electrons. The zero-order valence-corrected chi connectivity index (χ0v) is 25.3. The van der Waals surface area contributed by atoms with E-state index in [-0.39, 0.29) is 31.2 Å². The van der Waals surface area contributed by atoms with E-state index < -0.39 is 48.0 Å². The smallest absolute Gasteiger partial charge is 0.329 e. The first-order chi connectivity index (χ1) is 19.7. The van der Waals surface area contributed by atoms with E-state index in [1.165, 1.54) is 16.7 Å². The number of carbonyl (C=O) groups excluding carboxylic acids is 4. The van der Waals surface area contributed by atoms with Crippen molar-refractivity contribution in [2.75, 3.05) is 18.8 Å². The van der Waals surface area contributed by atoms with Crippen molar-refractivity contribution >= 4 is 64.1 Å². The van der Waals surface area contributed by atoms with Gasteiger partial charge in [-0.1, -0.05) is 24.0 Å². The summed E-state index contributed by atoms with van der Waals surface area (Å²) >= 11 is 6.63. The summed E-state index contributed by atoms with van der Waals surface area (Å²) in [5, 5.41) is 25.4. The number of rotatable bonds is 14. The van der Waals surface area contributed by atoms with Crippen molar-refractivity contribution < 1.29 is 43.7 Å². The van der Waals surface area contributed by atoms with Gasteiger partial charge in [-0.25, -0.2) is 14.4 Å². The molecule has 1 fully saturated rings. The van der Waals surface area contributed by atoms with Gasteiger partial charge in [0.1, 0.15) is 22.0 Å². The Balaban J connectivity index is 1.87. The first kappa shape index (κ1) is 34.5. The molecule has 2 unspecified atom stereocenters. The minimum Gasteiger partial charge on any atom is -0.481 e. The van der Waals surface area contributed by atoms with Crippen molar-refractivity contribution in [3.8, 4) is 0 Å². The summed E-state index contributed by atoms with van der Waals surface area (Å²) in [6, 6.07) is 2.72. The summed E-state index contributed by atoms with van der Waals surface area (Å²) in [7, 11) is 0. The molecule has 42 heavy (non-hydrogen) atoms. The third-order valence-corrected chi connectivity index (χ3v) is 7.28. The quantitative estimate of drug-likeness (QED) is 0.116. The molecule has 1 aliphatic heterocycles. The van der Waals surface area contributed by atoms with Gasteiger partial charge in [0.05, 0.1) is 0 Å². The summed E-state index contributed by atoms with van der Waals surface area (Å²) in [5.41, 5.74) is -0.0463. The second-order valence-corrected chi connectivity index (χ2v) is 12.2. The van der Waals surface area contributed by atoms with E-state index in [4.69, 9.17) is 22.1 Å². The van der Waals surface area contributed by atoms with E-state index in [1.807, 2.05) is 0 Å². The number of benzene rings is 1. The Morgan fingerprint density at radius 2 is 1.60 bits per heavy atom. The van der Waals surface area contributed by atoms with Crippen molar-refractivity contribution in [2.45, 2.75) is 70.6 Å². The fourth-order valence-electron chi connectivity index (χ4n) is 3.78. The molecule has 1 aromatic carbocycles. The van der Waals surface area contributed by atoms with Crippen molar-refractivity contribution in [2.24, 2.45) is 0 Å². The van der Waals surface area contributed by atoms with E-state index in [9.17, 15) is 33.9 Å². The number of amides is 4. The molecule has 0 aromatic heterocycles. The van der Waals surface area contributed by atoms with E-state index in [2.05, 4.69) is 16.0 Å². The van der Waals surface area contributed by atoms with Crippen LogP contribution in [0.4, 0.5) is 4.79 Å². The minimum atomic E-state index is -1.46. The Morgan fingerprint density at radius 1 is 0.976 bits per heavy atom. The van der Waals surface area contributed by atoms with Gasteiger partial charge >= 0.3 is 23.9 Å². The van der Waals surface area contributed by atoms with Crippen LogP contribution in [0.5, 0.6) is 0 Å². The van der Waals surface area contributed by atoms with Crippen molar-refractivity contribution in [3.63, 3.8) is 0 Å². The van der Waals surface area contributed by atoms with E-state index >= 15 is 0 Å². The summed E-state index contributed by atoms with van der Waals surface area (Å²) in [4.78, 5) is 74.0. The Morgan fingerprint density at radius 3 is 2.14 bits per heavy atom. The number of nitrogens with one attached hydrogen (secondary N) is 3. The van der Waals surface area contributed by atoms with Crippen LogP contribution in [0.3, 0.4) is 0 Å². The standard InChI is InChI=1S/C27H36N4O9S2/c1-27(2,3)40-24(38)19(30-25(39)29-18(23(36)37)11-12-20(32)33)6-4-5-13-28-21(34)16-7-9-17(10-8-16)22(35)31-14-15-42-26(31)41/h7-10,18-19H,4-6,11-15H2,1-3H3,(H,28,34)(H,32,33)(H,36,37)(H2,29,30,39). The van der Waals surface area contributed by atoms with Crippen LogP contribution >= 0.6 is 24.0 Å². The molecule has 0 aliphatic carbocycles. The number of carboxylic acid groups (broad SMARTS) is 2. The highest BCUT2D eigenvalue weighted by atomic mass is 32.2. The number of urea groups is 1. The van der Waals surface area contributed by atoms with Crippen LogP contribution in [-0.2, 0) is 19.1 Å². The van der Waals surface area contributed by atoms with Gasteiger partial charge in [-0.3, -0.25) is 19.3 Å². The van der Waals surface area contributed by atoms with Gasteiger partial charge in [0, 0.05) is 36.4 Å². The summed E-state index contributed by atoms with van der Waals surface area (Å²) in [6.07, 6.45) is 0.184. The number of carboxylic acids is 2. The summed E-state index contributed by atoms with van der Waals surface area (Å²) in [5.74, 6) is -3.14. The highest BCUT2D eigenvalue weighted by molar-refractivity contribution is 8.23. The lowest BCUT2D eigenvalue weighted by atomic mass is 10.1. The van der Waals surface area contributed by atoms with Crippen LogP contribution in [0.1, 0.15) is 73.6 Å². The average molecular weight is 625 g/mol. The van der Waals surface area contributed by atoms with Crippen LogP contribution < -0.4 is 16.0 Å². The van der Waals surface area contributed by atoms with Crippen molar-refractivity contribution in [1.82, 2.24) is 20.9 Å². The zero-order chi connectivity index (χ0) is 31.4. The molecule has 0 radical (unpaired) electrons. The molecule has 13 nitrogen and oxygen atoms in total. The second kappa shape index (κ2) is 16.1. The lowest BCUT2D eigenvalue weighted by Gasteiger charge is -2.25. The van der Waals surface area contributed by atoms with E-state index in [0.717, 1.165) is 5.75 Å². The van der Waals surface area contributed by atoms with Gasteiger partial charge in [0.2, 0.25) is 0 Å². The predicted octanol–water partition coefficient (Wildman–Crippen LogP) is 2.39. The maximum Gasteiger partial charge on any atom is 0.329 e. The number of nitrogens with zero attached hydrogens (tertiary/aromatic N) is 1. The minimum absolute atomic E-state index is 0.137. The van der Waals surface area contributed by atoms with Crippen LogP contribution in [0, 0.1) is 0 Å². The number of thiocarbonyl (C=S) groups is 1. The van der Waals surface area contributed by atoms with Gasteiger partial charge in [0.25, 0.3) is 11.8 Å². The summed E-state index contributed by atoms with van der Waals surface area (Å²) in [6.45, 7) is 5.80. The second-order valence-electron chi connectivity index (χ2n) is 10.4. The lowest BCUT2D eigenvalue weighted by molar-refractivity contribution is -0.157. The number of ether oxygens (including phenoxy) is 1. The topological polar surface area (TPSA) is 191 Å². The molecule has 1 saturated heterocycles. The van der Waals surface area contributed by atoms with E-state index in [0.29, 0.717) is 34.8 Å². The van der Waals surface area contributed by atoms with Gasteiger partial charge in [0.15, 0.2) is 0 Å². The predicted molar refractivity (Wildman–Crippen MR) is 158 cm³/mol. The third-order valence-electron chi connectivity index (χ3n) is 5.85. The van der Waals surface area contributed by atoms with Gasteiger partial charge in [-0.05, 0) is 70.7 Å². The fourth-order valence-corrected chi connectivity index (χ4v) is 4.98. The first-order valence-electron chi connectivity index (χ1n) is 13.3. The highest BCUT2D eigenvalue weighted by Crippen LogP contribution is 2.20. The molecule has 1 aromatic rings. The maximum atomic E-state index is 12.7. The van der Waals surface area contributed by atoms with Crippen molar-refractivity contribution in [3.05, 3.63) is 35.4 Å². The molecule has 0 spiro atoms. The van der Waals surface area contributed by atoms with Crippen LogP contribution in [0.2, 0.25) is 0 Å². The number of hydrogen-bond acceptors (Lipinski definition) is 9. The molecule has 1 heterocycles. The Hall–Kier alpha value is -3.72. The molecule has 2 rings (SSSR count). The number of hydrogen-bond donors (Lipinski definition) is 5. The number of carbonyl (C=O) groups is 6.